The van der Waals surface area contributed by atoms with Crippen LogP contribution in [0.4, 0.5) is 64.1 Å². The maximum atomic E-state index is 14.8. The van der Waals surface area contributed by atoms with Gasteiger partial charge in [-0.1, -0.05) is 48.5 Å². The fourth-order valence-corrected chi connectivity index (χ4v) is 5.66. The number of nitrogen functional groups attached to an aromatic ring is 2. The maximum absolute atomic E-state index is 14.8. The van der Waals surface area contributed by atoms with Gasteiger partial charge in [0.2, 0.25) is 0 Å². The van der Waals surface area contributed by atoms with Crippen LogP contribution >= 0.6 is 0 Å². The van der Waals surface area contributed by atoms with Crippen LogP contribution in [-0.2, 0) is 24.7 Å². The summed E-state index contributed by atoms with van der Waals surface area (Å²) in [7, 11) is 0. The molecule has 0 aromatic heterocycles. The van der Waals surface area contributed by atoms with Crippen molar-refractivity contribution < 1.29 is 52.7 Å². The molecule has 0 aliphatic rings. The highest BCUT2D eigenvalue weighted by molar-refractivity contribution is 5.86. The molecule has 5 aromatic carbocycles. The number of alkyl halides is 12. The first kappa shape index (κ1) is 35.2. The number of halogens is 12. The zero-order chi connectivity index (χ0) is 36.3. The third kappa shape index (κ3) is 7.03. The van der Waals surface area contributed by atoms with Crippen LogP contribution in [0.25, 0.3) is 44.5 Å². The Morgan fingerprint density at radius 3 is 1.41 bits per heavy atom. The average Bonchev–Trinajstić information content (AvgIpc) is 2.99. The molecule has 256 valence electrons. The minimum atomic E-state index is -5.31. The summed E-state index contributed by atoms with van der Waals surface area (Å²) < 4.78 is 171. The lowest BCUT2D eigenvalue weighted by atomic mass is 9.86. The highest BCUT2D eigenvalue weighted by Gasteiger charge is 2.41. The first-order valence-electron chi connectivity index (χ1n) is 14.0. The molecular weight excluding hydrogens is 676 g/mol. The summed E-state index contributed by atoms with van der Waals surface area (Å²) in [6.07, 6.45) is -20.4. The smallest absolute Gasteiger partial charge is 0.399 e. The molecule has 0 bridgehead atoms. The van der Waals surface area contributed by atoms with Crippen LogP contribution in [0.5, 0.6) is 0 Å². The molecule has 14 heteroatoms. The summed E-state index contributed by atoms with van der Waals surface area (Å²) in [4.78, 5) is 0. The summed E-state index contributed by atoms with van der Waals surface area (Å²) in [5, 5.41) is 0. The largest absolute Gasteiger partial charge is 0.417 e. The quantitative estimate of drug-likeness (QED) is 0.145. The van der Waals surface area contributed by atoms with E-state index in [0.29, 0.717) is 18.2 Å². The first-order chi connectivity index (χ1) is 22.6. The molecule has 4 N–H and O–H groups in total. The van der Waals surface area contributed by atoms with Crippen LogP contribution in [-0.4, -0.2) is 0 Å². The number of rotatable bonds is 4. The molecule has 0 saturated carbocycles. The average molecular weight is 699 g/mol. The molecule has 5 aromatic rings. The fourth-order valence-electron chi connectivity index (χ4n) is 5.66. The molecule has 0 fully saturated rings. The minimum Gasteiger partial charge on any atom is -0.399 e. The molecule has 0 saturated heterocycles. The Bertz CT molecular complexity index is 2050. The maximum Gasteiger partial charge on any atom is 0.417 e. The van der Waals surface area contributed by atoms with Crippen molar-refractivity contribution in [3.8, 4) is 44.5 Å². The van der Waals surface area contributed by atoms with Crippen LogP contribution < -0.4 is 11.5 Å². The van der Waals surface area contributed by atoms with Crippen molar-refractivity contribution in [1.82, 2.24) is 0 Å². The molecule has 0 aliphatic heterocycles. The molecule has 5 rings (SSSR count). The lowest BCUT2D eigenvalue weighted by Crippen LogP contribution is -2.13. The van der Waals surface area contributed by atoms with Crippen molar-refractivity contribution in [2.45, 2.75) is 31.6 Å². The number of hydrogen-bond donors (Lipinski definition) is 2. The second-order valence-corrected chi connectivity index (χ2v) is 11.1. The number of aryl methyl sites for hydroxylation is 1. The summed E-state index contributed by atoms with van der Waals surface area (Å²) in [5.74, 6) is 0. The normalized spacial score (nSPS) is 12.8. The summed E-state index contributed by atoms with van der Waals surface area (Å²) >= 11 is 0. The number of anilines is 2. The Hall–Kier alpha value is -5.14. The topological polar surface area (TPSA) is 52.0 Å². The van der Waals surface area contributed by atoms with E-state index in [4.69, 9.17) is 11.5 Å². The van der Waals surface area contributed by atoms with Gasteiger partial charge in [0, 0.05) is 11.4 Å². The molecule has 0 spiro atoms. The number of nitrogens with two attached hydrogens (primary N) is 2. The predicted molar refractivity (Wildman–Crippen MR) is 162 cm³/mol. The zero-order valence-electron chi connectivity index (χ0n) is 24.9. The van der Waals surface area contributed by atoms with Crippen LogP contribution in [0.3, 0.4) is 0 Å². The van der Waals surface area contributed by atoms with Crippen LogP contribution in [0.1, 0.15) is 27.8 Å². The van der Waals surface area contributed by atoms with E-state index in [1.807, 2.05) is 0 Å². The third-order valence-corrected chi connectivity index (χ3v) is 7.81. The Morgan fingerprint density at radius 2 is 0.857 bits per heavy atom. The van der Waals surface area contributed by atoms with Gasteiger partial charge in [0.15, 0.2) is 0 Å². The van der Waals surface area contributed by atoms with E-state index in [1.165, 1.54) is 25.1 Å². The van der Waals surface area contributed by atoms with Crippen molar-refractivity contribution in [2.75, 3.05) is 11.5 Å². The molecule has 49 heavy (non-hydrogen) atoms. The van der Waals surface area contributed by atoms with E-state index in [-0.39, 0.29) is 28.1 Å². The van der Waals surface area contributed by atoms with Gasteiger partial charge in [-0.15, -0.1) is 0 Å². The summed E-state index contributed by atoms with van der Waals surface area (Å²) in [6.45, 7) is 1.36. The molecule has 0 amide bonds. The molecular formula is C35H22F12N2. The van der Waals surface area contributed by atoms with Crippen LogP contribution in [0.15, 0.2) is 91.0 Å². The van der Waals surface area contributed by atoms with E-state index in [0.717, 1.165) is 54.6 Å². The number of benzene rings is 5. The minimum absolute atomic E-state index is 0.136. The summed E-state index contributed by atoms with van der Waals surface area (Å²) in [6, 6.07) is 13.4. The van der Waals surface area contributed by atoms with Crippen molar-refractivity contribution in [1.29, 1.82) is 0 Å². The second kappa shape index (κ2) is 12.1. The molecule has 0 unspecified atom stereocenters. The lowest BCUT2D eigenvalue weighted by molar-refractivity contribution is -0.139. The van der Waals surface area contributed by atoms with E-state index < -0.39 is 80.3 Å². The molecule has 0 aliphatic carbocycles. The van der Waals surface area contributed by atoms with Gasteiger partial charge in [0.25, 0.3) is 0 Å². The van der Waals surface area contributed by atoms with Gasteiger partial charge in [0.05, 0.1) is 22.3 Å². The van der Waals surface area contributed by atoms with Gasteiger partial charge in [-0.3, -0.25) is 0 Å². The van der Waals surface area contributed by atoms with Gasteiger partial charge in [0.1, 0.15) is 0 Å². The monoisotopic (exact) mass is 698 g/mol. The second-order valence-electron chi connectivity index (χ2n) is 11.1. The lowest BCUT2D eigenvalue weighted by Gasteiger charge is -2.22. The Morgan fingerprint density at radius 1 is 0.388 bits per heavy atom. The van der Waals surface area contributed by atoms with Crippen LogP contribution in [0, 0.1) is 6.92 Å². The van der Waals surface area contributed by atoms with Crippen molar-refractivity contribution in [3.63, 3.8) is 0 Å². The van der Waals surface area contributed by atoms with Gasteiger partial charge in [-0.05, 0) is 99.5 Å². The van der Waals surface area contributed by atoms with Gasteiger partial charge in [-0.25, -0.2) is 0 Å². The predicted octanol–water partition coefficient (Wildman–Crippen LogP) is 11.9. The third-order valence-electron chi connectivity index (χ3n) is 7.81. The SMILES string of the molecule is Cc1ccc(-c2ccc(N)cc2C(F)(F)F)cc1-c1cc(-c2cccc(-c3ccc(N)cc3C(F)(F)F)c2C(F)(F)F)ccc1C(F)(F)F. The molecule has 0 radical (unpaired) electrons. The number of hydrogen-bond acceptors (Lipinski definition) is 2. The fraction of sp³-hybridized carbons (Fsp3) is 0.143. The zero-order valence-corrected chi connectivity index (χ0v) is 24.9. The first-order valence-corrected chi connectivity index (χ1v) is 14.0. The molecule has 2 nitrogen and oxygen atoms in total. The standard InChI is InChI=1S/C35H22F12N2/c1-17-5-6-18(22-10-8-20(48)15-29(22)33(39,40)41)13-26(17)27-14-19(7-12-28(27)32(36,37)38)23-3-2-4-25(31(23)35(45,46)47)24-11-9-21(49)16-30(24)34(42,43)44/h2-16H,48-49H2,1H3. The highest BCUT2D eigenvalue weighted by atomic mass is 19.4. The summed E-state index contributed by atoms with van der Waals surface area (Å²) in [5.41, 5.74) is 0.631. The highest BCUT2D eigenvalue weighted by Crippen LogP contribution is 2.49. The van der Waals surface area contributed by atoms with E-state index >= 15 is 0 Å². The van der Waals surface area contributed by atoms with E-state index in [2.05, 4.69) is 0 Å². The van der Waals surface area contributed by atoms with E-state index in [9.17, 15) is 52.7 Å². The Balaban J connectivity index is 1.80. The van der Waals surface area contributed by atoms with Crippen LogP contribution in [0.2, 0.25) is 0 Å². The Kier molecular flexibility index (Phi) is 8.67. The van der Waals surface area contributed by atoms with Gasteiger partial charge in [-0.2, -0.15) is 52.7 Å². The van der Waals surface area contributed by atoms with Crippen molar-refractivity contribution in [3.05, 3.63) is 119 Å². The van der Waals surface area contributed by atoms with Gasteiger partial charge < -0.3 is 11.5 Å². The van der Waals surface area contributed by atoms with Crippen molar-refractivity contribution >= 4 is 11.4 Å². The Labute approximate surface area is 270 Å². The molecule has 0 heterocycles. The van der Waals surface area contributed by atoms with Crippen molar-refractivity contribution in [2.24, 2.45) is 0 Å². The van der Waals surface area contributed by atoms with E-state index in [1.54, 1.807) is 0 Å². The van der Waals surface area contributed by atoms with Gasteiger partial charge >= 0.3 is 24.7 Å². The molecule has 0 atom stereocenters.